The summed E-state index contributed by atoms with van der Waals surface area (Å²) in [5.41, 5.74) is 4.49. The van der Waals surface area contributed by atoms with Crippen LogP contribution in [0.15, 0.2) is 36.7 Å². The smallest absolute Gasteiger partial charge is 0.345 e. The van der Waals surface area contributed by atoms with Gasteiger partial charge in [-0.15, -0.1) is 0 Å². The monoisotopic (exact) mass is 390 g/mol. The summed E-state index contributed by atoms with van der Waals surface area (Å²) in [6.45, 7) is 5.40. The average Bonchev–Trinajstić information content (AvgIpc) is 2.72. The van der Waals surface area contributed by atoms with Crippen LogP contribution in [0.25, 0.3) is 11.1 Å². The van der Waals surface area contributed by atoms with Gasteiger partial charge in [-0.25, -0.2) is 4.79 Å². The quantitative estimate of drug-likeness (QED) is 0.371. The van der Waals surface area contributed by atoms with Gasteiger partial charge in [-0.2, -0.15) is 10.2 Å². The second kappa shape index (κ2) is 8.47. The third-order valence-corrected chi connectivity index (χ3v) is 4.42. The molecule has 0 fully saturated rings. The first-order chi connectivity index (χ1) is 13.9. The summed E-state index contributed by atoms with van der Waals surface area (Å²) in [6, 6.07) is 6.32. The summed E-state index contributed by atoms with van der Waals surface area (Å²) in [7, 11) is 0. The second-order valence-corrected chi connectivity index (χ2v) is 6.42. The molecule has 2 aromatic heterocycles. The lowest BCUT2D eigenvalue weighted by atomic mass is 10.0. The molecule has 3 rings (SSSR count). The van der Waals surface area contributed by atoms with Crippen LogP contribution in [0.3, 0.4) is 0 Å². The maximum Gasteiger partial charge on any atom is 0.345 e. The number of rotatable bonds is 5. The van der Waals surface area contributed by atoms with Crippen molar-refractivity contribution in [1.29, 1.82) is 0 Å². The number of benzene rings is 1. The van der Waals surface area contributed by atoms with Crippen molar-refractivity contribution >= 4 is 18.2 Å². The van der Waals surface area contributed by atoms with Gasteiger partial charge in [0, 0.05) is 11.1 Å². The summed E-state index contributed by atoms with van der Waals surface area (Å²) < 4.78 is 4.93. The van der Waals surface area contributed by atoms with E-state index < -0.39 is 11.9 Å². The predicted octanol–water partition coefficient (Wildman–Crippen LogP) is 2.60. The number of aldehydes is 1. The standard InChI is InChI=1S/C21H18N4O4/c1-12-13(2)25-19(14(3)24-12)8-20(27)29-21(28)16-6-4-15(5-7-16)18-10-23-22-9-17(18)11-26/h4-7,9-11H,8H2,1-3H3. The Labute approximate surface area is 167 Å². The molecule has 0 radical (unpaired) electrons. The molecule has 1 aromatic carbocycles. The predicted molar refractivity (Wildman–Crippen MR) is 103 cm³/mol. The van der Waals surface area contributed by atoms with Gasteiger partial charge in [0.15, 0.2) is 6.29 Å². The van der Waals surface area contributed by atoms with Crippen LogP contribution >= 0.6 is 0 Å². The van der Waals surface area contributed by atoms with Crippen LogP contribution in [-0.2, 0) is 16.0 Å². The zero-order valence-corrected chi connectivity index (χ0v) is 16.2. The Hall–Kier alpha value is -3.81. The molecule has 0 bridgehead atoms. The topological polar surface area (TPSA) is 112 Å². The van der Waals surface area contributed by atoms with E-state index in [0.29, 0.717) is 34.4 Å². The van der Waals surface area contributed by atoms with E-state index in [-0.39, 0.29) is 12.0 Å². The van der Waals surface area contributed by atoms with Crippen molar-refractivity contribution in [3.05, 3.63) is 70.6 Å². The van der Waals surface area contributed by atoms with Crippen LogP contribution < -0.4 is 0 Å². The molecule has 0 amide bonds. The number of carbonyl (C=O) groups is 3. The van der Waals surface area contributed by atoms with Crippen LogP contribution in [0, 0.1) is 20.8 Å². The van der Waals surface area contributed by atoms with Crippen LogP contribution in [-0.4, -0.2) is 38.4 Å². The molecule has 3 aromatic rings. The van der Waals surface area contributed by atoms with E-state index in [2.05, 4.69) is 20.2 Å². The lowest BCUT2D eigenvalue weighted by Gasteiger charge is -2.08. The van der Waals surface area contributed by atoms with Gasteiger partial charge in [0.05, 0.1) is 47.2 Å². The van der Waals surface area contributed by atoms with Gasteiger partial charge in [-0.05, 0) is 38.5 Å². The van der Waals surface area contributed by atoms with Gasteiger partial charge in [-0.1, -0.05) is 12.1 Å². The lowest BCUT2D eigenvalue weighted by Crippen LogP contribution is -2.16. The molecule has 0 spiro atoms. The maximum absolute atomic E-state index is 12.3. The Bertz CT molecular complexity index is 1090. The van der Waals surface area contributed by atoms with Crippen LogP contribution in [0.5, 0.6) is 0 Å². The molecule has 0 aliphatic heterocycles. The average molecular weight is 390 g/mol. The van der Waals surface area contributed by atoms with E-state index in [9.17, 15) is 14.4 Å². The Morgan fingerprint density at radius 1 is 0.931 bits per heavy atom. The first kappa shape index (κ1) is 19.9. The normalized spacial score (nSPS) is 10.4. The van der Waals surface area contributed by atoms with Gasteiger partial charge in [0.1, 0.15) is 0 Å². The highest BCUT2D eigenvalue weighted by Gasteiger charge is 2.17. The summed E-state index contributed by atoms with van der Waals surface area (Å²) in [5.74, 6) is -1.47. The SMILES string of the molecule is Cc1nc(C)c(CC(=O)OC(=O)c2ccc(-c3cnncc3C=O)cc2)nc1C. The number of nitrogens with zero attached hydrogens (tertiary/aromatic N) is 4. The van der Waals surface area contributed by atoms with E-state index in [1.54, 1.807) is 26.0 Å². The number of ether oxygens (including phenoxy) is 1. The van der Waals surface area contributed by atoms with E-state index in [0.717, 1.165) is 11.4 Å². The van der Waals surface area contributed by atoms with Gasteiger partial charge in [0.2, 0.25) is 0 Å². The summed E-state index contributed by atoms with van der Waals surface area (Å²) in [5, 5.41) is 7.44. The molecular weight excluding hydrogens is 372 g/mol. The molecular formula is C21H18N4O4. The van der Waals surface area contributed by atoms with Crippen LogP contribution in [0.4, 0.5) is 0 Å². The summed E-state index contributed by atoms with van der Waals surface area (Å²) in [6.07, 6.45) is 3.37. The second-order valence-electron chi connectivity index (χ2n) is 6.42. The Morgan fingerprint density at radius 3 is 2.28 bits per heavy atom. The number of aryl methyl sites for hydroxylation is 3. The first-order valence-electron chi connectivity index (χ1n) is 8.81. The van der Waals surface area contributed by atoms with Crippen molar-refractivity contribution in [2.24, 2.45) is 0 Å². The molecule has 0 saturated carbocycles. The lowest BCUT2D eigenvalue weighted by molar-refractivity contribution is -0.137. The van der Waals surface area contributed by atoms with Crippen molar-refractivity contribution in [3.8, 4) is 11.1 Å². The molecule has 0 N–H and O–H groups in total. The number of hydrogen-bond donors (Lipinski definition) is 0. The van der Waals surface area contributed by atoms with E-state index >= 15 is 0 Å². The number of hydrogen-bond acceptors (Lipinski definition) is 8. The number of aromatic nitrogens is 4. The molecule has 0 atom stereocenters. The molecule has 0 saturated heterocycles. The van der Waals surface area contributed by atoms with Crippen molar-refractivity contribution in [2.45, 2.75) is 27.2 Å². The molecule has 8 heteroatoms. The highest BCUT2D eigenvalue weighted by Crippen LogP contribution is 2.22. The maximum atomic E-state index is 12.3. The van der Waals surface area contributed by atoms with E-state index in [1.165, 1.54) is 24.5 Å². The minimum absolute atomic E-state index is 0.144. The first-order valence-corrected chi connectivity index (χ1v) is 8.81. The molecule has 0 aliphatic rings. The molecule has 146 valence electrons. The highest BCUT2D eigenvalue weighted by molar-refractivity contribution is 5.97. The van der Waals surface area contributed by atoms with Crippen LogP contribution in [0.1, 0.15) is 43.5 Å². The van der Waals surface area contributed by atoms with Crippen molar-refractivity contribution in [2.75, 3.05) is 0 Å². The molecule has 8 nitrogen and oxygen atoms in total. The van der Waals surface area contributed by atoms with Gasteiger partial charge in [-0.3, -0.25) is 19.6 Å². The molecule has 0 unspecified atom stereocenters. The molecule has 29 heavy (non-hydrogen) atoms. The number of carbonyl (C=O) groups excluding carboxylic acids is 3. The van der Waals surface area contributed by atoms with Crippen LogP contribution in [0.2, 0.25) is 0 Å². The summed E-state index contributed by atoms with van der Waals surface area (Å²) in [4.78, 5) is 44.2. The fourth-order valence-corrected chi connectivity index (χ4v) is 2.72. The van der Waals surface area contributed by atoms with Gasteiger partial charge >= 0.3 is 11.9 Å². The largest absolute Gasteiger partial charge is 0.389 e. The Morgan fingerprint density at radius 2 is 1.59 bits per heavy atom. The molecule has 0 aliphatic carbocycles. The third-order valence-electron chi connectivity index (χ3n) is 4.42. The zero-order valence-electron chi connectivity index (χ0n) is 16.2. The van der Waals surface area contributed by atoms with Gasteiger partial charge < -0.3 is 4.74 Å². The van der Waals surface area contributed by atoms with Crippen molar-refractivity contribution in [3.63, 3.8) is 0 Å². The fourth-order valence-electron chi connectivity index (χ4n) is 2.72. The van der Waals surface area contributed by atoms with Crippen molar-refractivity contribution in [1.82, 2.24) is 20.2 Å². The Kier molecular flexibility index (Phi) is 5.82. The third kappa shape index (κ3) is 4.55. The van der Waals surface area contributed by atoms with Gasteiger partial charge in [0.25, 0.3) is 0 Å². The highest BCUT2D eigenvalue weighted by atomic mass is 16.6. The number of esters is 2. The summed E-state index contributed by atoms with van der Waals surface area (Å²) >= 11 is 0. The fraction of sp³-hybridized carbons (Fsp3) is 0.190. The van der Waals surface area contributed by atoms with E-state index in [1.807, 2.05) is 6.92 Å². The van der Waals surface area contributed by atoms with Crippen molar-refractivity contribution < 1.29 is 19.1 Å². The Balaban J connectivity index is 1.70. The van der Waals surface area contributed by atoms with E-state index in [4.69, 9.17) is 4.74 Å². The minimum Gasteiger partial charge on any atom is -0.389 e. The zero-order chi connectivity index (χ0) is 21.0. The minimum atomic E-state index is -0.764. The molecule has 2 heterocycles.